The second-order valence-electron chi connectivity index (χ2n) is 3.60. The normalized spacial score (nSPS) is 12.6. The molecular weight excluding hydrogens is 121 g/mol. The molecule has 0 bridgehead atoms. The van der Waals surface area contributed by atoms with Gasteiger partial charge in [-0.1, -0.05) is 34.9 Å². The molecule has 0 unspecified atom stereocenters. The first-order valence-electron chi connectivity index (χ1n) is 4.50. The first kappa shape index (κ1) is 10.0. The van der Waals surface area contributed by atoms with Crippen molar-refractivity contribution in [3.05, 3.63) is 0 Å². The van der Waals surface area contributed by atoms with Crippen LogP contribution in [0.5, 0.6) is 0 Å². The fourth-order valence-electron chi connectivity index (χ4n) is 1.96. The van der Waals surface area contributed by atoms with E-state index in [1.807, 2.05) is 0 Å². The third-order valence-electron chi connectivity index (χ3n) is 3.38. The van der Waals surface area contributed by atoms with E-state index in [0.29, 0.717) is 0 Å². The molecule has 0 aromatic rings. The second kappa shape index (κ2) is 4.02. The van der Waals surface area contributed by atoms with Crippen LogP contribution in [0.2, 0.25) is 19.0 Å². The molecule has 1 nitrogen and oxygen atoms in total. The summed E-state index contributed by atoms with van der Waals surface area (Å²) in [5.74, 6) is 0. The third kappa shape index (κ3) is 1.75. The van der Waals surface area contributed by atoms with Crippen LogP contribution in [0.3, 0.4) is 0 Å². The lowest BCUT2D eigenvalue weighted by atomic mass is 9.29. The Bertz CT molecular complexity index is 79.0. The van der Waals surface area contributed by atoms with Crippen molar-refractivity contribution >= 4 is 6.28 Å². The summed E-state index contributed by atoms with van der Waals surface area (Å²) in [5.41, 5.74) is 0. The minimum Gasteiger partial charge on any atom is -0.480 e. The van der Waals surface area contributed by atoms with Crippen LogP contribution < -0.4 is 0 Å². The van der Waals surface area contributed by atoms with Gasteiger partial charge in [-0.2, -0.15) is 19.0 Å². The maximum Gasteiger partial charge on any atom is 0.0608 e. The Kier molecular flexibility index (Phi) is 4.03. The van der Waals surface area contributed by atoms with Crippen molar-refractivity contribution in [1.29, 1.82) is 0 Å². The summed E-state index contributed by atoms with van der Waals surface area (Å²) in [5, 5.41) is 0. The topological polar surface area (TPSA) is 3.24 Å². The summed E-state index contributed by atoms with van der Waals surface area (Å²) < 4.78 is 0. The Morgan fingerprint density at radius 1 is 0.900 bits per heavy atom. The van der Waals surface area contributed by atoms with Crippen LogP contribution in [0, 0.1) is 0 Å². The van der Waals surface area contributed by atoms with E-state index in [2.05, 4.69) is 39.7 Å². The van der Waals surface area contributed by atoms with Gasteiger partial charge in [-0.25, -0.2) is 0 Å². The summed E-state index contributed by atoms with van der Waals surface area (Å²) in [6.07, 6.45) is 3.78. The van der Waals surface area contributed by atoms with Crippen molar-refractivity contribution in [2.24, 2.45) is 0 Å². The molecule has 0 fully saturated rings. The van der Waals surface area contributed by atoms with E-state index in [1.165, 1.54) is 19.0 Å². The monoisotopic (exact) mass is 142 g/mol. The Labute approximate surface area is 65.7 Å². The smallest absolute Gasteiger partial charge is 0.0608 e. The lowest BCUT2D eigenvalue weighted by Crippen LogP contribution is -2.47. The molecule has 0 heterocycles. The van der Waals surface area contributed by atoms with Crippen molar-refractivity contribution in [3.63, 3.8) is 0 Å². The number of hydrogen-bond acceptors (Lipinski definition) is 1. The van der Waals surface area contributed by atoms with Crippen molar-refractivity contribution in [2.75, 3.05) is 14.1 Å². The molecule has 0 aliphatic heterocycles. The second-order valence-corrected chi connectivity index (χ2v) is 3.60. The highest BCUT2D eigenvalue weighted by Gasteiger charge is 2.19. The largest absolute Gasteiger partial charge is 0.480 e. The molecule has 0 radical (unpaired) electrons. The maximum atomic E-state index is 2.42. The minimum absolute atomic E-state index is 0.181. The Hall–Kier alpha value is 0.0249. The van der Waals surface area contributed by atoms with Gasteiger partial charge in [0.05, 0.1) is 6.28 Å². The summed E-state index contributed by atoms with van der Waals surface area (Å²) in [4.78, 5) is 2.42. The van der Waals surface area contributed by atoms with Gasteiger partial charge < -0.3 is 4.81 Å². The molecule has 0 N–H and O–H groups in total. The van der Waals surface area contributed by atoms with Crippen LogP contribution in [0.25, 0.3) is 0 Å². The van der Waals surface area contributed by atoms with Crippen molar-refractivity contribution < 1.29 is 0 Å². The predicted octanol–water partition coefficient (Wildman–Crippen LogP) is 2.55. The van der Waals surface area contributed by atoms with Gasteiger partial charge in [0.2, 0.25) is 0 Å². The van der Waals surface area contributed by atoms with E-state index in [-0.39, 0.29) is 6.28 Å². The van der Waals surface area contributed by atoms with Crippen molar-refractivity contribution in [2.45, 2.75) is 39.7 Å². The fraction of sp³-hybridized carbons (Fsp3) is 1.00. The van der Waals surface area contributed by atoms with Crippen LogP contribution in [0.4, 0.5) is 0 Å². The molecule has 0 aliphatic carbocycles. The molecule has 0 rings (SSSR count). The first-order chi connectivity index (χ1) is 4.63. The summed E-state index contributed by atoms with van der Waals surface area (Å²) in [6.45, 7) is 6.90. The molecule has 10 heavy (non-hydrogen) atoms. The molecule has 0 saturated heterocycles. The van der Waals surface area contributed by atoms with E-state index in [1.54, 1.807) is 0 Å². The molecule has 0 amide bonds. The lowest BCUT2D eigenvalue weighted by Gasteiger charge is -2.44. The first-order valence-corrected chi connectivity index (χ1v) is 4.50. The quantitative estimate of drug-likeness (QED) is 0.545. The molecule has 0 aromatic carbocycles. The standard InChI is InChI=1S/C8H21BN/c1-6-9(7-2,8-3)10(4)5/h6-8H2,1-5H3/q-1. The van der Waals surface area contributed by atoms with Crippen LogP contribution >= 0.6 is 0 Å². The Morgan fingerprint density at radius 2 is 1.20 bits per heavy atom. The van der Waals surface area contributed by atoms with E-state index >= 15 is 0 Å². The number of rotatable bonds is 4. The van der Waals surface area contributed by atoms with Gasteiger partial charge in [0, 0.05) is 0 Å². The van der Waals surface area contributed by atoms with Gasteiger partial charge in [0.1, 0.15) is 0 Å². The summed E-state index contributed by atoms with van der Waals surface area (Å²) >= 11 is 0. The van der Waals surface area contributed by atoms with Gasteiger partial charge >= 0.3 is 0 Å². The van der Waals surface area contributed by atoms with E-state index < -0.39 is 0 Å². The van der Waals surface area contributed by atoms with Crippen LogP contribution in [0.15, 0.2) is 0 Å². The van der Waals surface area contributed by atoms with Crippen LogP contribution in [0.1, 0.15) is 20.8 Å². The lowest BCUT2D eigenvalue weighted by molar-refractivity contribution is 0.602. The van der Waals surface area contributed by atoms with Gasteiger partial charge in [-0.15, -0.1) is 0 Å². The Balaban J connectivity index is 4.15. The van der Waals surface area contributed by atoms with E-state index in [9.17, 15) is 0 Å². The van der Waals surface area contributed by atoms with Crippen molar-refractivity contribution in [3.8, 4) is 0 Å². The van der Waals surface area contributed by atoms with Crippen LogP contribution in [-0.4, -0.2) is 25.2 Å². The molecule has 0 spiro atoms. The van der Waals surface area contributed by atoms with Gasteiger partial charge in [-0.3, -0.25) is 0 Å². The highest BCUT2D eigenvalue weighted by atomic mass is 15.0. The van der Waals surface area contributed by atoms with Gasteiger partial charge in [0.15, 0.2) is 0 Å². The minimum atomic E-state index is -0.181. The average molecular weight is 142 g/mol. The summed E-state index contributed by atoms with van der Waals surface area (Å²) in [6, 6.07) is 0. The predicted molar refractivity (Wildman–Crippen MR) is 50.9 cm³/mol. The zero-order chi connectivity index (χ0) is 8.20. The molecule has 0 atom stereocenters. The zero-order valence-electron chi connectivity index (χ0n) is 8.15. The zero-order valence-corrected chi connectivity index (χ0v) is 8.15. The number of nitrogens with zero attached hydrogens (tertiary/aromatic N) is 1. The number of hydrogen-bond donors (Lipinski definition) is 0. The van der Waals surface area contributed by atoms with Crippen molar-refractivity contribution in [1.82, 2.24) is 4.81 Å². The highest BCUT2D eigenvalue weighted by molar-refractivity contribution is 6.76. The fourth-order valence-corrected chi connectivity index (χ4v) is 1.96. The SMILES string of the molecule is CC[B-](CC)(CC)N(C)C. The molecule has 0 saturated carbocycles. The Morgan fingerprint density at radius 3 is 1.20 bits per heavy atom. The van der Waals surface area contributed by atoms with Crippen LogP contribution in [-0.2, 0) is 0 Å². The summed E-state index contributed by atoms with van der Waals surface area (Å²) in [7, 11) is 4.41. The third-order valence-corrected chi connectivity index (χ3v) is 3.38. The highest BCUT2D eigenvalue weighted by Crippen LogP contribution is 2.21. The van der Waals surface area contributed by atoms with Gasteiger partial charge in [0.25, 0.3) is 0 Å². The molecule has 2 heteroatoms. The maximum absolute atomic E-state index is 2.42. The molecular formula is C8H21BN-. The average Bonchev–Trinajstić information content (AvgIpc) is 1.92. The van der Waals surface area contributed by atoms with Gasteiger partial charge in [-0.05, 0) is 0 Å². The van der Waals surface area contributed by atoms with E-state index in [0.717, 1.165) is 0 Å². The molecule has 0 aliphatic rings. The van der Waals surface area contributed by atoms with E-state index in [4.69, 9.17) is 0 Å². The molecule has 62 valence electrons. The molecule has 0 aromatic heterocycles.